The topological polar surface area (TPSA) is 52.1 Å². The van der Waals surface area contributed by atoms with Gasteiger partial charge in [-0.3, -0.25) is 4.79 Å². The Labute approximate surface area is 161 Å². The van der Waals surface area contributed by atoms with Gasteiger partial charge in [0.1, 0.15) is 18.1 Å². The monoisotopic (exact) mass is 374 g/mol. The summed E-state index contributed by atoms with van der Waals surface area (Å²) in [5.41, 5.74) is 4.42. The number of nitrogens with zero attached hydrogens (tertiary/aromatic N) is 2. The number of carbonyl (C=O) groups is 1. The molecular weight excluding hydrogens is 360 g/mol. The highest BCUT2D eigenvalue weighted by atomic mass is 35.5. The highest BCUT2D eigenvalue weighted by Gasteiger charge is 2.13. The van der Waals surface area contributed by atoms with Gasteiger partial charge in [0.2, 0.25) is 0 Å². The van der Waals surface area contributed by atoms with Gasteiger partial charge in [-0.15, -0.1) is 0 Å². The molecule has 0 aliphatic heterocycles. The lowest BCUT2D eigenvalue weighted by Crippen LogP contribution is -2.05. The van der Waals surface area contributed by atoms with Crippen LogP contribution in [-0.4, -0.2) is 16.3 Å². The predicted octanol–water partition coefficient (Wildman–Crippen LogP) is 5.34. The van der Waals surface area contributed by atoms with E-state index in [2.05, 4.69) is 0 Å². The molecule has 4 rings (SSSR count). The zero-order valence-electron chi connectivity index (χ0n) is 14.3. The van der Waals surface area contributed by atoms with Gasteiger partial charge in [-0.2, -0.15) is 0 Å². The van der Waals surface area contributed by atoms with E-state index in [0.29, 0.717) is 22.0 Å². The quantitative estimate of drug-likeness (QED) is 0.442. The molecule has 0 N–H and O–H groups in total. The number of rotatable bonds is 5. The van der Waals surface area contributed by atoms with Crippen LogP contribution in [0.4, 0.5) is 0 Å². The van der Waals surface area contributed by atoms with Crippen molar-refractivity contribution in [2.24, 2.45) is 0 Å². The molecule has 132 valence electrons. The fraction of sp³-hybridized carbons (Fsp3) is 0.0455. The van der Waals surface area contributed by atoms with E-state index in [1.807, 2.05) is 54.6 Å². The molecule has 0 radical (unpaired) electrons. The maximum absolute atomic E-state index is 11.2. The van der Waals surface area contributed by atoms with E-state index in [4.69, 9.17) is 26.3 Å². The van der Waals surface area contributed by atoms with Crippen LogP contribution in [0.15, 0.2) is 72.8 Å². The number of ether oxygens (including phenoxy) is 1. The molecule has 0 unspecified atom stereocenters. The van der Waals surface area contributed by atoms with E-state index < -0.39 is 0 Å². The van der Waals surface area contributed by atoms with Crippen molar-refractivity contribution in [2.45, 2.75) is 6.61 Å². The van der Waals surface area contributed by atoms with Crippen LogP contribution in [0, 0.1) is 0 Å². The molecule has 5 heteroatoms. The normalized spacial score (nSPS) is 10.7. The van der Waals surface area contributed by atoms with Gasteiger partial charge < -0.3 is 4.74 Å². The molecule has 1 heterocycles. The van der Waals surface area contributed by atoms with Gasteiger partial charge >= 0.3 is 0 Å². The fourth-order valence-electron chi connectivity index (χ4n) is 2.83. The highest BCUT2D eigenvalue weighted by molar-refractivity contribution is 6.30. The van der Waals surface area contributed by atoms with Gasteiger partial charge in [-0.1, -0.05) is 48.0 Å². The lowest BCUT2D eigenvalue weighted by atomic mass is 10.1. The van der Waals surface area contributed by atoms with Crippen LogP contribution < -0.4 is 4.74 Å². The Bertz CT molecular complexity index is 1110. The average molecular weight is 375 g/mol. The van der Waals surface area contributed by atoms with E-state index in [9.17, 15) is 4.79 Å². The summed E-state index contributed by atoms with van der Waals surface area (Å²) in [6.07, 6.45) is 0.779. The van der Waals surface area contributed by atoms with Crippen LogP contribution in [0.3, 0.4) is 0 Å². The van der Waals surface area contributed by atoms with E-state index in [-0.39, 0.29) is 6.61 Å². The number of hydrogen-bond donors (Lipinski definition) is 0. The largest absolute Gasteiger partial charge is 0.486 e. The molecule has 1 aromatic heterocycles. The van der Waals surface area contributed by atoms with Gasteiger partial charge in [0, 0.05) is 10.6 Å². The number of hydrogen-bond acceptors (Lipinski definition) is 4. The zero-order chi connectivity index (χ0) is 18.6. The lowest BCUT2D eigenvalue weighted by Gasteiger charge is -2.12. The van der Waals surface area contributed by atoms with E-state index >= 15 is 0 Å². The Morgan fingerprint density at radius 2 is 1.52 bits per heavy atom. The van der Waals surface area contributed by atoms with E-state index in [1.54, 1.807) is 18.2 Å². The van der Waals surface area contributed by atoms with Gasteiger partial charge in [0.05, 0.1) is 22.3 Å². The third kappa shape index (κ3) is 3.66. The summed E-state index contributed by atoms with van der Waals surface area (Å²) in [5.74, 6) is 0.518. The van der Waals surface area contributed by atoms with Crippen molar-refractivity contribution < 1.29 is 9.53 Å². The third-order valence-electron chi connectivity index (χ3n) is 4.17. The van der Waals surface area contributed by atoms with E-state index in [1.165, 1.54) is 0 Å². The minimum atomic E-state index is 0.195. The van der Waals surface area contributed by atoms with Gasteiger partial charge in [0.25, 0.3) is 0 Å². The van der Waals surface area contributed by atoms with Crippen LogP contribution in [0.2, 0.25) is 5.02 Å². The second-order valence-electron chi connectivity index (χ2n) is 5.96. The van der Waals surface area contributed by atoms with Crippen LogP contribution in [0.1, 0.15) is 16.1 Å². The average Bonchev–Trinajstić information content (AvgIpc) is 2.72. The Morgan fingerprint density at radius 3 is 2.26 bits per heavy atom. The van der Waals surface area contributed by atoms with Crippen LogP contribution >= 0.6 is 11.6 Å². The minimum Gasteiger partial charge on any atom is -0.486 e. The summed E-state index contributed by atoms with van der Waals surface area (Å²) in [6.45, 7) is 0.195. The Kier molecular flexibility index (Phi) is 4.81. The van der Waals surface area contributed by atoms with Crippen molar-refractivity contribution in [1.82, 2.24) is 9.97 Å². The van der Waals surface area contributed by atoms with Crippen molar-refractivity contribution in [3.8, 4) is 17.0 Å². The number of para-hydroxylation sites is 3. The number of benzene rings is 3. The number of aromatic nitrogens is 2. The van der Waals surface area contributed by atoms with Crippen LogP contribution in [0.25, 0.3) is 22.3 Å². The van der Waals surface area contributed by atoms with Crippen molar-refractivity contribution in [3.63, 3.8) is 0 Å². The second-order valence-corrected chi connectivity index (χ2v) is 6.40. The Hall–Kier alpha value is -3.24. The molecule has 4 aromatic rings. The molecule has 0 amide bonds. The van der Waals surface area contributed by atoms with Crippen molar-refractivity contribution >= 4 is 28.9 Å². The van der Waals surface area contributed by atoms with Crippen molar-refractivity contribution in [2.75, 3.05) is 0 Å². The van der Waals surface area contributed by atoms with Crippen LogP contribution in [0.5, 0.6) is 5.75 Å². The molecule has 0 aliphatic carbocycles. The first-order chi connectivity index (χ1) is 13.2. The molecule has 0 saturated carbocycles. The number of aldehydes is 1. The molecule has 0 saturated heterocycles. The van der Waals surface area contributed by atoms with Gasteiger partial charge in [0.15, 0.2) is 6.29 Å². The molecule has 0 fully saturated rings. The molecule has 0 bridgehead atoms. The predicted molar refractivity (Wildman–Crippen MR) is 106 cm³/mol. The molecule has 3 aromatic carbocycles. The maximum Gasteiger partial charge on any atom is 0.153 e. The lowest BCUT2D eigenvalue weighted by molar-refractivity contribution is 0.111. The van der Waals surface area contributed by atoms with Gasteiger partial charge in [-0.25, -0.2) is 9.97 Å². The number of fused-ring (bicyclic) bond motifs is 1. The summed E-state index contributed by atoms with van der Waals surface area (Å²) in [5, 5.41) is 0.658. The fourth-order valence-corrected chi connectivity index (χ4v) is 2.96. The number of carbonyl (C=O) groups excluding carboxylic acids is 1. The standard InChI is InChI=1S/C22H15ClN2O2/c23-17-11-9-15(10-12-17)22-20(24-18-6-2-3-7-19(18)25-22)14-27-21-8-4-1-5-16(21)13-26/h1-13H,14H2. The summed E-state index contributed by atoms with van der Waals surface area (Å²) < 4.78 is 5.89. The second kappa shape index (κ2) is 7.56. The first-order valence-electron chi connectivity index (χ1n) is 8.43. The zero-order valence-corrected chi connectivity index (χ0v) is 15.1. The van der Waals surface area contributed by atoms with Crippen molar-refractivity contribution in [1.29, 1.82) is 0 Å². The van der Waals surface area contributed by atoms with Crippen molar-refractivity contribution in [3.05, 3.63) is 89.1 Å². The summed E-state index contributed by atoms with van der Waals surface area (Å²) in [6, 6.07) is 22.2. The third-order valence-corrected chi connectivity index (χ3v) is 4.42. The SMILES string of the molecule is O=Cc1ccccc1OCc1nc2ccccc2nc1-c1ccc(Cl)cc1. The molecule has 27 heavy (non-hydrogen) atoms. The van der Waals surface area contributed by atoms with Crippen LogP contribution in [-0.2, 0) is 6.61 Å². The summed E-state index contributed by atoms with van der Waals surface area (Å²) >= 11 is 6.01. The molecule has 0 aliphatic rings. The van der Waals surface area contributed by atoms with Gasteiger partial charge in [-0.05, 0) is 36.4 Å². The molecule has 0 spiro atoms. The highest BCUT2D eigenvalue weighted by Crippen LogP contribution is 2.26. The molecule has 0 atom stereocenters. The Morgan fingerprint density at radius 1 is 0.852 bits per heavy atom. The smallest absolute Gasteiger partial charge is 0.153 e. The summed E-state index contributed by atoms with van der Waals surface area (Å²) in [4.78, 5) is 20.7. The Balaban J connectivity index is 1.76. The molecule has 4 nitrogen and oxygen atoms in total. The molecular formula is C22H15ClN2O2. The minimum absolute atomic E-state index is 0.195. The first-order valence-corrected chi connectivity index (χ1v) is 8.81. The summed E-state index contributed by atoms with van der Waals surface area (Å²) in [7, 11) is 0. The first kappa shape index (κ1) is 17.2. The number of halogens is 1. The maximum atomic E-state index is 11.2. The van der Waals surface area contributed by atoms with E-state index in [0.717, 1.165) is 28.6 Å².